The molecule has 1 aliphatic heterocycles. The van der Waals surface area contributed by atoms with Crippen molar-refractivity contribution < 1.29 is 4.79 Å². The van der Waals surface area contributed by atoms with E-state index in [0.717, 1.165) is 51.3 Å². The summed E-state index contributed by atoms with van der Waals surface area (Å²) in [6, 6.07) is -0.0472. The molecule has 1 saturated heterocycles. The normalized spacial score (nSPS) is 18.6. The second kappa shape index (κ2) is 7.40. The average Bonchev–Trinajstić information content (AvgIpc) is 3.11. The summed E-state index contributed by atoms with van der Waals surface area (Å²) >= 11 is 0. The molecule has 20 heavy (non-hydrogen) atoms. The number of hydrogen-bond donors (Lipinski definition) is 2. The molecule has 6 heteroatoms. The molecule has 2 heterocycles. The highest BCUT2D eigenvalue weighted by Gasteiger charge is 2.22. The minimum absolute atomic E-state index is 0.0470. The molecule has 1 fully saturated rings. The van der Waals surface area contributed by atoms with Crippen LogP contribution in [0.25, 0.3) is 0 Å². The standard InChI is InChI=1S/C14H25N5O/c1-3-18(4-2)8-9-19-11-12(10-16-19)17-14(20)13-6-5-7-15-13/h10-11,13,15H,3-9H2,1-2H3,(H,17,20)/t13-/m0/s1. The molecule has 0 saturated carbocycles. The van der Waals surface area contributed by atoms with Crippen molar-refractivity contribution in [2.75, 3.05) is 31.5 Å². The van der Waals surface area contributed by atoms with Gasteiger partial charge in [-0.1, -0.05) is 13.8 Å². The highest BCUT2D eigenvalue weighted by molar-refractivity contribution is 5.94. The maximum absolute atomic E-state index is 12.0. The lowest BCUT2D eigenvalue weighted by Crippen LogP contribution is -2.35. The van der Waals surface area contributed by atoms with Crippen LogP contribution in [0.4, 0.5) is 5.69 Å². The molecular formula is C14H25N5O. The van der Waals surface area contributed by atoms with Crippen molar-refractivity contribution in [1.82, 2.24) is 20.0 Å². The van der Waals surface area contributed by atoms with Crippen LogP contribution in [0.1, 0.15) is 26.7 Å². The van der Waals surface area contributed by atoms with Gasteiger partial charge in [0, 0.05) is 12.7 Å². The highest BCUT2D eigenvalue weighted by atomic mass is 16.2. The van der Waals surface area contributed by atoms with Crippen molar-refractivity contribution in [2.24, 2.45) is 0 Å². The molecular weight excluding hydrogens is 254 g/mol. The molecule has 0 aliphatic carbocycles. The fraction of sp³-hybridized carbons (Fsp3) is 0.714. The van der Waals surface area contributed by atoms with Gasteiger partial charge in [0.2, 0.25) is 5.91 Å². The van der Waals surface area contributed by atoms with Gasteiger partial charge in [0.1, 0.15) is 0 Å². The summed E-state index contributed by atoms with van der Waals surface area (Å²) < 4.78 is 1.88. The van der Waals surface area contributed by atoms with Gasteiger partial charge in [-0.3, -0.25) is 9.48 Å². The van der Waals surface area contributed by atoms with Gasteiger partial charge in [-0.05, 0) is 32.5 Å². The molecule has 1 aromatic heterocycles. The number of nitrogens with zero attached hydrogens (tertiary/aromatic N) is 3. The molecule has 2 rings (SSSR count). The number of anilines is 1. The zero-order valence-electron chi connectivity index (χ0n) is 12.4. The lowest BCUT2D eigenvalue weighted by atomic mass is 10.2. The molecule has 1 aliphatic rings. The van der Waals surface area contributed by atoms with E-state index in [4.69, 9.17) is 0 Å². The Morgan fingerprint density at radius 3 is 3.00 bits per heavy atom. The number of amides is 1. The van der Waals surface area contributed by atoms with Crippen LogP contribution in [-0.4, -0.2) is 52.8 Å². The number of carbonyl (C=O) groups excluding carboxylic acids is 1. The van der Waals surface area contributed by atoms with E-state index >= 15 is 0 Å². The summed E-state index contributed by atoms with van der Waals surface area (Å²) in [6.07, 6.45) is 5.61. The summed E-state index contributed by atoms with van der Waals surface area (Å²) in [7, 11) is 0. The van der Waals surface area contributed by atoms with Gasteiger partial charge in [-0.25, -0.2) is 0 Å². The molecule has 1 atom stereocenters. The van der Waals surface area contributed by atoms with Gasteiger partial charge in [0.15, 0.2) is 0 Å². The number of rotatable bonds is 7. The molecule has 0 bridgehead atoms. The van der Waals surface area contributed by atoms with Gasteiger partial charge in [-0.15, -0.1) is 0 Å². The summed E-state index contributed by atoms with van der Waals surface area (Å²) in [4.78, 5) is 14.3. The highest BCUT2D eigenvalue weighted by Crippen LogP contribution is 2.10. The van der Waals surface area contributed by atoms with Crippen LogP contribution in [0.3, 0.4) is 0 Å². The third kappa shape index (κ3) is 4.05. The van der Waals surface area contributed by atoms with E-state index in [1.807, 2.05) is 10.9 Å². The van der Waals surface area contributed by atoms with E-state index in [1.165, 1.54) is 0 Å². The SMILES string of the molecule is CCN(CC)CCn1cc(NC(=O)[C@@H]2CCCN2)cn1. The number of nitrogens with one attached hydrogen (secondary N) is 2. The van der Waals surface area contributed by atoms with E-state index in [9.17, 15) is 4.79 Å². The van der Waals surface area contributed by atoms with Crippen LogP contribution >= 0.6 is 0 Å². The van der Waals surface area contributed by atoms with E-state index in [0.29, 0.717) is 0 Å². The third-order valence-corrected chi connectivity index (χ3v) is 3.82. The van der Waals surface area contributed by atoms with E-state index < -0.39 is 0 Å². The number of carbonyl (C=O) groups is 1. The third-order valence-electron chi connectivity index (χ3n) is 3.82. The first-order valence-electron chi connectivity index (χ1n) is 7.52. The summed E-state index contributed by atoms with van der Waals surface area (Å²) in [5.41, 5.74) is 0.781. The van der Waals surface area contributed by atoms with Crippen molar-refractivity contribution in [3.05, 3.63) is 12.4 Å². The lowest BCUT2D eigenvalue weighted by molar-refractivity contribution is -0.117. The molecule has 0 spiro atoms. The van der Waals surface area contributed by atoms with Crippen molar-refractivity contribution in [2.45, 2.75) is 39.3 Å². The van der Waals surface area contributed by atoms with Gasteiger partial charge in [-0.2, -0.15) is 5.10 Å². The van der Waals surface area contributed by atoms with Crippen molar-refractivity contribution in [1.29, 1.82) is 0 Å². The summed E-state index contributed by atoms with van der Waals surface area (Å²) in [5, 5.41) is 10.4. The van der Waals surface area contributed by atoms with Crippen molar-refractivity contribution in [3.8, 4) is 0 Å². The number of hydrogen-bond acceptors (Lipinski definition) is 4. The quantitative estimate of drug-likeness (QED) is 0.779. The Morgan fingerprint density at radius 1 is 1.55 bits per heavy atom. The Bertz CT molecular complexity index is 421. The van der Waals surface area contributed by atoms with Crippen LogP contribution in [0.15, 0.2) is 12.4 Å². The molecule has 1 aromatic rings. The Hall–Kier alpha value is -1.40. The fourth-order valence-corrected chi connectivity index (χ4v) is 2.47. The smallest absolute Gasteiger partial charge is 0.241 e. The van der Waals surface area contributed by atoms with Crippen LogP contribution in [0.5, 0.6) is 0 Å². The van der Waals surface area contributed by atoms with E-state index in [1.54, 1.807) is 6.20 Å². The number of aromatic nitrogens is 2. The second-order valence-electron chi connectivity index (χ2n) is 5.16. The van der Waals surface area contributed by atoms with Crippen LogP contribution in [0, 0.1) is 0 Å². The second-order valence-corrected chi connectivity index (χ2v) is 5.16. The van der Waals surface area contributed by atoms with Crippen molar-refractivity contribution in [3.63, 3.8) is 0 Å². The zero-order valence-corrected chi connectivity index (χ0v) is 12.4. The van der Waals surface area contributed by atoms with Crippen LogP contribution in [0.2, 0.25) is 0 Å². The monoisotopic (exact) mass is 279 g/mol. The molecule has 112 valence electrons. The first kappa shape index (κ1) is 15.0. The van der Waals surface area contributed by atoms with Gasteiger partial charge < -0.3 is 15.5 Å². The molecule has 0 radical (unpaired) electrons. The minimum atomic E-state index is -0.0472. The van der Waals surface area contributed by atoms with Crippen LogP contribution < -0.4 is 10.6 Å². The predicted molar refractivity (Wildman–Crippen MR) is 79.7 cm³/mol. The summed E-state index contributed by atoms with van der Waals surface area (Å²) in [5.74, 6) is 0.0470. The molecule has 0 unspecified atom stereocenters. The molecule has 1 amide bonds. The first-order chi connectivity index (χ1) is 9.72. The Balaban J connectivity index is 1.80. The van der Waals surface area contributed by atoms with E-state index in [2.05, 4.69) is 34.5 Å². The number of likely N-dealkylation sites (N-methyl/N-ethyl adjacent to an activating group) is 1. The van der Waals surface area contributed by atoms with Crippen LogP contribution in [-0.2, 0) is 11.3 Å². The summed E-state index contributed by atoms with van der Waals surface area (Å²) in [6.45, 7) is 9.18. The zero-order chi connectivity index (χ0) is 14.4. The largest absolute Gasteiger partial charge is 0.322 e. The lowest BCUT2D eigenvalue weighted by Gasteiger charge is -2.17. The van der Waals surface area contributed by atoms with Gasteiger partial charge in [0.25, 0.3) is 0 Å². The maximum Gasteiger partial charge on any atom is 0.241 e. The van der Waals surface area contributed by atoms with Gasteiger partial charge >= 0.3 is 0 Å². The van der Waals surface area contributed by atoms with Gasteiger partial charge in [0.05, 0.1) is 24.5 Å². The first-order valence-corrected chi connectivity index (χ1v) is 7.52. The Morgan fingerprint density at radius 2 is 2.35 bits per heavy atom. The maximum atomic E-state index is 12.0. The topological polar surface area (TPSA) is 62.2 Å². The van der Waals surface area contributed by atoms with E-state index in [-0.39, 0.29) is 11.9 Å². The molecule has 2 N–H and O–H groups in total. The van der Waals surface area contributed by atoms with Crippen molar-refractivity contribution >= 4 is 11.6 Å². The predicted octanol–water partition coefficient (Wildman–Crippen LogP) is 0.915. The molecule has 0 aromatic carbocycles. The Labute approximate surface area is 120 Å². The average molecular weight is 279 g/mol. The molecule has 6 nitrogen and oxygen atoms in total. The fourth-order valence-electron chi connectivity index (χ4n) is 2.47. The Kier molecular flexibility index (Phi) is 5.55. The minimum Gasteiger partial charge on any atom is -0.322 e.